The Morgan fingerprint density at radius 1 is 1.12 bits per heavy atom. The molecule has 6 heterocycles. The van der Waals surface area contributed by atoms with E-state index >= 15 is 30.7 Å². The molecule has 11 nitrogen and oxygen atoms in total. The zero-order valence-corrected chi connectivity index (χ0v) is 32.0. The van der Waals surface area contributed by atoms with E-state index in [-0.39, 0.29) is 62.8 Å². The Balaban J connectivity index is 1.35. The summed E-state index contributed by atoms with van der Waals surface area (Å²) in [5.41, 5.74) is -1.85. The van der Waals surface area contributed by atoms with Crippen molar-refractivity contribution in [2.75, 3.05) is 69.8 Å². The zero-order valence-electron chi connectivity index (χ0n) is 31.2. The molecule has 0 aliphatic carbocycles. The summed E-state index contributed by atoms with van der Waals surface area (Å²) in [5.74, 6) is -1.28. The van der Waals surface area contributed by atoms with Crippen LogP contribution < -0.4 is 15.4 Å². The number of anilines is 2. The molecule has 2 N–H and O–H groups in total. The number of nitrogens with two attached hydrogens (primary N) is 1. The predicted octanol–water partition coefficient (Wildman–Crippen LogP) is 7.80. The highest BCUT2D eigenvalue weighted by atomic mass is 32.1. The number of carbonyl (C=O) groups excluding carboxylic acids is 1. The number of nitrogens with zero attached hydrogens (tertiary/aromatic N) is 7. The molecule has 2 amide bonds. The first-order chi connectivity index (χ1) is 27.5. The van der Waals surface area contributed by atoms with E-state index in [0.29, 0.717) is 56.4 Å². The maximum Gasteiger partial charge on any atom is 0.419 e. The van der Waals surface area contributed by atoms with Crippen LogP contribution in [0.25, 0.3) is 32.1 Å². The molecule has 4 aromatic rings. The average Bonchev–Trinajstić information content (AvgIpc) is 3.96. The highest BCUT2D eigenvalue weighted by molar-refractivity contribution is 7.23. The van der Waals surface area contributed by atoms with Crippen molar-refractivity contribution in [1.29, 1.82) is 5.26 Å². The standard InChI is InChI=1S/C38H38F8N8O3S/c1-2-54(21-7-11-51(17-21)35(55)52-9-4-12-56-19-52)33-23-13-25(37(41,42)43)28(22-5-6-26(40)31-27(22)24(15-47)32(48)58-31)29(38(44,45)46)30(23)49-34(50-33)57-18-36-8-3-10-53(36)16-20(39)14-36/h5-6,13,20-21H,2-4,7-12,14,16-19,48H2,1H3. The van der Waals surface area contributed by atoms with Crippen molar-refractivity contribution in [2.24, 2.45) is 0 Å². The van der Waals surface area contributed by atoms with Gasteiger partial charge in [-0.25, -0.2) is 13.6 Å². The number of fused-ring (bicyclic) bond motifs is 3. The van der Waals surface area contributed by atoms with Gasteiger partial charge in [0.1, 0.15) is 42.2 Å². The summed E-state index contributed by atoms with van der Waals surface area (Å²) in [6, 6.07) is 2.29. The molecule has 2 aromatic heterocycles. The molecule has 3 atom stereocenters. The number of hydrogen-bond acceptors (Lipinski definition) is 10. The molecular formula is C38H38F8N8O3S. The fourth-order valence-corrected chi connectivity index (χ4v) is 10.1. The Morgan fingerprint density at radius 2 is 1.91 bits per heavy atom. The molecule has 0 saturated carbocycles. The van der Waals surface area contributed by atoms with Crippen LogP contribution in [-0.2, 0) is 17.1 Å². The number of halogens is 8. The number of thiophene rings is 1. The van der Waals surface area contributed by atoms with Crippen LogP contribution in [0.4, 0.5) is 50.7 Å². The predicted molar refractivity (Wildman–Crippen MR) is 199 cm³/mol. The van der Waals surface area contributed by atoms with Gasteiger partial charge < -0.3 is 29.9 Å². The highest BCUT2D eigenvalue weighted by Crippen LogP contribution is 2.52. The Labute approximate surface area is 330 Å². The number of carbonyl (C=O) groups is 1. The van der Waals surface area contributed by atoms with Crippen molar-refractivity contribution in [3.8, 4) is 23.2 Å². The number of hydrogen-bond donors (Lipinski definition) is 1. The SMILES string of the molecule is CCN(c1nc(OCC23CCCN2CC(F)C3)nc2c(C(F)(F)F)c(-c3ccc(F)c4sc(N)c(C#N)c34)c(C(F)(F)F)cc12)C1CCN(C(=O)N2CCCOC2)C1. The van der Waals surface area contributed by atoms with Crippen LogP contribution in [0.1, 0.15) is 55.7 Å². The monoisotopic (exact) mass is 838 g/mol. The van der Waals surface area contributed by atoms with Gasteiger partial charge in [0, 0.05) is 61.5 Å². The summed E-state index contributed by atoms with van der Waals surface area (Å²) in [5, 5.41) is 8.54. The summed E-state index contributed by atoms with van der Waals surface area (Å²) in [7, 11) is 0. The van der Waals surface area contributed by atoms with Crippen LogP contribution in [-0.4, -0.2) is 108 Å². The lowest BCUT2D eigenvalue weighted by Gasteiger charge is -2.33. The van der Waals surface area contributed by atoms with Gasteiger partial charge in [0.2, 0.25) is 0 Å². The van der Waals surface area contributed by atoms with Crippen molar-refractivity contribution in [2.45, 2.75) is 69.1 Å². The molecular weight excluding hydrogens is 801 g/mol. The van der Waals surface area contributed by atoms with Crippen LogP contribution in [0.2, 0.25) is 0 Å². The molecule has 3 unspecified atom stereocenters. The first-order valence-electron chi connectivity index (χ1n) is 18.9. The van der Waals surface area contributed by atoms with Gasteiger partial charge in [-0.3, -0.25) is 4.90 Å². The number of nitrogen functional groups attached to an aromatic ring is 1. The van der Waals surface area contributed by atoms with Gasteiger partial charge in [-0.1, -0.05) is 6.07 Å². The fourth-order valence-electron chi connectivity index (χ4n) is 9.15. The summed E-state index contributed by atoms with van der Waals surface area (Å²) < 4.78 is 134. The van der Waals surface area contributed by atoms with Crippen LogP contribution in [0.15, 0.2) is 18.2 Å². The first kappa shape index (κ1) is 40.1. The molecule has 4 saturated heterocycles. The number of rotatable bonds is 7. The number of benzene rings is 2. The van der Waals surface area contributed by atoms with E-state index in [9.17, 15) is 14.4 Å². The molecule has 4 fully saturated rings. The lowest BCUT2D eigenvalue weighted by Crippen LogP contribution is -2.47. The lowest BCUT2D eigenvalue weighted by molar-refractivity contribution is -0.141. The maximum atomic E-state index is 15.8. The quantitative estimate of drug-likeness (QED) is 0.186. The summed E-state index contributed by atoms with van der Waals surface area (Å²) in [6.45, 7) is 3.66. The Morgan fingerprint density at radius 3 is 2.60 bits per heavy atom. The third-order valence-electron chi connectivity index (χ3n) is 11.7. The van der Waals surface area contributed by atoms with Crippen LogP contribution in [0, 0.1) is 17.1 Å². The topological polar surface area (TPSA) is 124 Å². The van der Waals surface area contributed by atoms with Crippen LogP contribution >= 0.6 is 11.3 Å². The summed E-state index contributed by atoms with van der Waals surface area (Å²) in [4.78, 5) is 28.7. The molecule has 2 aromatic carbocycles. The molecule has 4 aliphatic heterocycles. The van der Waals surface area contributed by atoms with E-state index < -0.39 is 90.7 Å². The third-order valence-corrected chi connectivity index (χ3v) is 12.7. The van der Waals surface area contributed by atoms with E-state index in [1.807, 2.05) is 4.90 Å². The lowest BCUT2D eigenvalue weighted by atomic mass is 9.88. The average molecular weight is 839 g/mol. The zero-order chi connectivity index (χ0) is 41.3. The second-order valence-electron chi connectivity index (χ2n) is 15.1. The van der Waals surface area contributed by atoms with Gasteiger partial charge in [0.25, 0.3) is 0 Å². The summed E-state index contributed by atoms with van der Waals surface area (Å²) >= 11 is 0.529. The number of urea groups is 1. The van der Waals surface area contributed by atoms with Gasteiger partial charge in [0.05, 0.1) is 39.1 Å². The first-order valence-corrected chi connectivity index (χ1v) is 19.7. The molecule has 0 bridgehead atoms. The fraction of sp³-hybridized carbons (Fsp3) is 0.526. The third kappa shape index (κ3) is 6.87. The number of amides is 2. The molecule has 8 rings (SSSR count). The largest absolute Gasteiger partial charge is 0.461 e. The van der Waals surface area contributed by atoms with Crippen molar-refractivity contribution in [3.63, 3.8) is 0 Å². The normalized spacial score (nSPS) is 22.9. The Bertz CT molecular complexity index is 2310. The minimum atomic E-state index is -5.52. The molecule has 20 heteroatoms. The van der Waals surface area contributed by atoms with Gasteiger partial charge in [-0.15, -0.1) is 11.3 Å². The van der Waals surface area contributed by atoms with Gasteiger partial charge in [-0.2, -0.15) is 41.6 Å². The minimum absolute atomic E-state index is 0.0507. The number of likely N-dealkylation sites (N-methyl/N-ethyl adjacent to an activating group) is 1. The van der Waals surface area contributed by atoms with E-state index in [2.05, 4.69) is 9.97 Å². The smallest absolute Gasteiger partial charge is 0.419 e. The summed E-state index contributed by atoms with van der Waals surface area (Å²) in [6.07, 6.45) is -9.77. The van der Waals surface area contributed by atoms with Crippen LogP contribution in [0.3, 0.4) is 0 Å². The van der Waals surface area contributed by atoms with Crippen LogP contribution in [0.5, 0.6) is 6.01 Å². The van der Waals surface area contributed by atoms with Crippen molar-refractivity contribution >= 4 is 49.2 Å². The number of aromatic nitrogens is 2. The maximum absolute atomic E-state index is 15.8. The molecule has 4 aliphatic rings. The van der Waals surface area contributed by atoms with Crippen molar-refractivity contribution in [3.05, 3.63) is 40.7 Å². The Kier molecular flexibility index (Phi) is 10.2. The van der Waals surface area contributed by atoms with Gasteiger partial charge >= 0.3 is 24.4 Å². The number of nitriles is 1. The minimum Gasteiger partial charge on any atom is -0.461 e. The second-order valence-corrected chi connectivity index (χ2v) is 16.2. The van der Waals surface area contributed by atoms with Crippen molar-refractivity contribution in [1.82, 2.24) is 24.7 Å². The number of alkyl halides is 7. The van der Waals surface area contributed by atoms with Gasteiger partial charge in [0.15, 0.2) is 0 Å². The van der Waals surface area contributed by atoms with E-state index in [4.69, 9.17) is 15.2 Å². The van der Waals surface area contributed by atoms with Crippen molar-refractivity contribution < 1.29 is 49.4 Å². The number of likely N-dealkylation sites (tertiary alicyclic amines) is 1. The van der Waals surface area contributed by atoms with Gasteiger partial charge in [-0.05, 0) is 56.8 Å². The number of ether oxygens (including phenoxy) is 2. The van der Waals surface area contributed by atoms with E-state index in [1.54, 1.807) is 22.8 Å². The molecule has 310 valence electrons. The molecule has 0 spiro atoms. The van der Waals surface area contributed by atoms with E-state index in [1.165, 1.54) is 4.90 Å². The second kappa shape index (κ2) is 14.8. The molecule has 58 heavy (non-hydrogen) atoms. The molecule has 0 radical (unpaired) electrons. The van der Waals surface area contributed by atoms with E-state index in [0.717, 1.165) is 18.6 Å². The highest BCUT2D eigenvalue weighted by Gasteiger charge is 2.50. The Hall–Kier alpha value is -4.74.